The maximum absolute atomic E-state index is 12.3. The molecule has 0 saturated carbocycles. The minimum atomic E-state index is -0.987. The Morgan fingerprint density at radius 1 is 1.11 bits per heavy atom. The van der Waals surface area contributed by atoms with Gasteiger partial charge in [-0.05, 0) is 55.0 Å². The van der Waals surface area contributed by atoms with Crippen LogP contribution in [0.1, 0.15) is 55.5 Å². The summed E-state index contributed by atoms with van der Waals surface area (Å²) in [5, 5.41) is 12.1. The summed E-state index contributed by atoms with van der Waals surface area (Å²) in [5.41, 5.74) is 4.57. The molecule has 1 amide bonds. The minimum absolute atomic E-state index is 0.226. The zero-order valence-corrected chi connectivity index (χ0v) is 16.4. The van der Waals surface area contributed by atoms with Crippen molar-refractivity contribution >= 4 is 23.7 Å². The average molecular weight is 379 g/mol. The second-order valence-electron chi connectivity index (χ2n) is 7.93. The van der Waals surface area contributed by atoms with Crippen molar-refractivity contribution in [2.45, 2.75) is 45.3 Å². The summed E-state index contributed by atoms with van der Waals surface area (Å²) in [6, 6.07) is 15.1. The molecule has 0 aliphatic heterocycles. The van der Waals surface area contributed by atoms with Crippen LogP contribution < -0.4 is 5.32 Å². The first-order valence-corrected chi connectivity index (χ1v) is 9.32. The number of fused-ring (bicyclic) bond motifs is 1. The van der Waals surface area contributed by atoms with Gasteiger partial charge in [-0.25, -0.2) is 4.79 Å². The molecule has 5 nitrogen and oxygen atoms in total. The highest BCUT2D eigenvalue weighted by atomic mass is 16.6. The largest absolute Gasteiger partial charge is 0.481 e. The van der Waals surface area contributed by atoms with Gasteiger partial charge in [-0.3, -0.25) is 4.79 Å². The maximum Gasteiger partial charge on any atom is 0.408 e. The van der Waals surface area contributed by atoms with Crippen molar-refractivity contribution in [3.05, 3.63) is 70.8 Å². The number of carbonyl (C=O) groups excluding carboxylic acids is 1. The second-order valence-corrected chi connectivity index (χ2v) is 7.93. The molecule has 0 aromatic heterocycles. The lowest BCUT2D eigenvalue weighted by Crippen LogP contribution is -2.36. The van der Waals surface area contributed by atoms with Crippen LogP contribution in [0.5, 0.6) is 0 Å². The quantitative estimate of drug-likeness (QED) is 0.781. The smallest absolute Gasteiger partial charge is 0.408 e. The van der Waals surface area contributed by atoms with Gasteiger partial charge in [0.1, 0.15) is 5.60 Å². The van der Waals surface area contributed by atoms with Gasteiger partial charge in [0.15, 0.2) is 0 Å². The number of nitrogens with one attached hydrogen (secondary N) is 1. The summed E-state index contributed by atoms with van der Waals surface area (Å²) in [4.78, 5) is 23.7. The van der Waals surface area contributed by atoms with E-state index in [4.69, 9.17) is 4.74 Å². The van der Waals surface area contributed by atoms with Crippen molar-refractivity contribution in [1.82, 2.24) is 5.32 Å². The van der Waals surface area contributed by atoms with Gasteiger partial charge in [-0.15, -0.1) is 0 Å². The molecule has 1 aliphatic carbocycles. The zero-order chi connectivity index (χ0) is 20.3. The molecule has 2 aromatic carbocycles. The monoisotopic (exact) mass is 379 g/mol. The number of aliphatic carboxylic acids is 1. The third-order valence-electron chi connectivity index (χ3n) is 4.52. The van der Waals surface area contributed by atoms with Gasteiger partial charge in [0.2, 0.25) is 0 Å². The van der Waals surface area contributed by atoms with Crippen molar-refractivity contribution in [3.8, 4) is 0 Å². The summed E-state index contributed by atoms with van der Waals surface area (Å²) in [5.74, 6) is -0.987. The SMILES string of the molecule is CC(C)(C)OC(=O)NC(CC(=O)O)c1ccccc1C1=Cc2ccccc2C1. The first-order chi connectivity index (χ1) is 13.2. The number of ether oxygens (including phenoxy) is 1. The molecule has 2 N–H and O–H groups in total. The molecule has 1 unspecified atom stereocenters. The van der Waals surface area contributed by atoms with E-state index in [9.17, 15) is 14.7 Å². The highest BCUT2D eigenvalue weighted by Gasteiger charge is 2.26. The first kappa shape index (κ1) is 19.7. The van der Waals surface area contributed by atoms with Gasteiger partial charge in [-0.1, -0.05) is 54.6 Å². The van der Waals surface area contributed by atoms with E-state index < -0.39 is 23.7 Å². The van der Waals surface area contributed by atoms with Crippen molar-refractivity contribution < 1.29 is 19.4 Å². The van der Waals surface area contributed by atoms with Gasteiger partial charge in [0.05, 0.1) is 12.5 Å². The normalized spacial score (nSPS) is 14.0. The molecule has 0 spiro atoms. The van der Waals surface area contributed by atoms with E-state index in [1.165, 1.54) is 11.1 Å². The van der Waals surface area contributed by atoms with Crippen LogP contribution in [-0.2, 0) is 16.0 Å². The molecule has 5 heteroatoms. The number of carbonyl (C=O) groups is 2. The Kier molecular flexibility index (Phi) is 5.54. The van der Waals surface area contributed by atoms with E-state index in [1.54, 1.807) is 20.8 Å². The zero-order valence-electron chi connectivity index (χ0n) is 16.4. The molecular formula is C23H25NO4. The molecule has 0 radical (unpaired) electrons. The van der Waals surface area contributed by atoms with E-state index in [2.05, 4.69) is 23.5 Å². The number of rotatable bonds is 5. The Bertz CT molecular complexity index is 924. The Morgan fingerprint density at radius 2 is 1.79 bits per heavy atom. The summed E-state index contributed by atoms with van der Waals surface area (Å²) in [6.07, 6.45) is 2.05. The number of allylic oxidation sites excluding steroid dienone is 1. The molecule has 3 rings (SSSR count). The fourth-order valence-corrected chi connectivity index (χ4v) is 3.41. The molecule has 0 fully saturated rings. The van der Waals surface area contributed by atoms with E-state index in [0.29, 0.717) is 0 Å². The Balaban J connectivity index is 1.92. The number of carboxylic acid groups (broad SMARTS) is 1. The lowest BCUT2D eigenvalue weighted by atomic mass is 9.92. The summed E-state index contributed by atoms with van der Waals surface area (Å²) < 4.78 is 5.33. The molecule has 146 valence electrons. The van der Waals surface area contributed by atoms with E-state index >= 15 is 0 Å². The fraction of sp³-hybridized carbons (Fsp3) is 0.304. The van der Waals surface area contributed by atoms with E-state index in [0.717, 1.165) is 23.1 Å². The van der Waals surface area contributed by atoms with Crippen LogP contribution in [0, 0.1) is 0 Å². The lowest BCUT2D eigenvalue weighted by molar-refractivity contribution is -0.137. The van der Waals surface area contributed by atoms with Gasteiger partial charge in [0, 0.05) is 0 Å². The summed E-state index contributed by atoms with van der Waals surface area (Å²) in [6.45, 7) is 5.31. The van der Waals surface area contributed by atoms with Gasteiger partial charge < -0.3 is 15.2 Å². The van der Waals surface area contributed by atoms with Crippen molar-refractivity contribution in [1.29, 1.82) is 0 Å². The average Bonchev–Trinajstić information content (AvgIpc) is 3.03. The molecule has 0 saturated heterocycles. The third kappa shape index (κ3) is 4.80. The van der Waals surface area contributed by atoms with Crippen molar-refractivity contribution in [2.24, 2.45) is 0 Å². The van der Waals surface area contributed by atoms with Crippen LogP contribution in [0.25, 0.3) is 11.6 Å². The number of hydrogen-bond donors (Lipinski definition) is 2. The number of benzene rings is 2. The van der Waals surface area contributed by atoms with Gasteiger partial charge in [-0.2, -0.15) is 0 Å². The van der Waals surface area contributed by atoms with Crippen molar-refractivity contribution in [3.63, 3.8) is 0 Å². The Labute approximate surface area is 165 Å². The Morgan fingerprint density at radius 3 is 2.46 bits per heavy atom. The van der Waals surface area contributed by atoms with Crippen LogP contribution in [0.2, 0.25) is 0 Å². The molecule has 1 atom stereocenters. The predicted octanol–water partition coefficient (Wildman–Crippen LogP) is 4.82. The van der Waals surface area contributed by atoms with E-state index in [-0.39, 0.29) is 6.42 Å². The van der Waals surface area contributed by atoms with Crippen LogP contribution >= 0.6 is 0 Å². The topological polar surface area (TPSA) is 75.6 Å². The number of carboxylic acids is 1. The molecular weight excluding hydrogens is 354 g/mol. The lowest BCUT2D eigenvalue weighted by Gasteiger charge is -2.24. The van der Waals surface area contributed by atoms with Crippen LogP contribution in [0.15, 0.2) is 48.5 Å². The molecule has 0 heterocycles. The minimum Gasteiger partial charge on any atom is -0.481 e. The number of amides is 1. The third-order valence-corrected chi connectivity index (χ3v) is 4.52. The van der Waals surface area contributed by atoms with Crippen LogP contribution in [0.3, 0.4) is 0 Å². The highest BCUT2D eigenvalue weighted by Crippen LogP contribution is 2.35. The second kappa shape index (κ2) is 7.89. The summed E-state index contributed by atoms with van der Waals surface area (Å²) in [7, 11) is 0. The first-order valence-electron chi connectivity index (χ1n) is 9.32. The van der Waals surface area contributed by atoms with Gasteiger partial charge in [0.25, 0.3) is 0 Å². The molecule has 0 bridgehead atoms. The summed E-state index contributed by atoms with van der Waals surface area (Å²) >= 11 is 0. The number of alkyl carbamates (subject to hydrolysis) is 1. The van der Waals surface area contributed by atoms with Crippen LogP contribution in [-0.4, -0.2) is 22.8 Å². The standard InChI is InChI=1S/C23H25NO4/c1-23(2,3)28-22(27)24-20(14-21(25)26)19-11-7-6-10-18(19)17-12-15-8-4-5-9-16(15)13-17/h4-12,20H,13-14H2,1-3H3,(H,24,27)(H,25,26). The molecule has 28 heavy (non-hydrogen) atoms. The predicted molar refractivity (Wildman–Crippen MR) is 109 cm³/mol. The molecule has 2 aromatic rings. The van der Waals surface area contributed by atoms with Crippen LogP contribution in [0.4, 0.5) is 4.79 Å². The van der Waals surface area contributed by atoms with E-state index in [1.807, 2.05) is 36.4 Å². The highest BCUT2D eigenvalue weighted by molar-refractivity contribution is 5.90. The fourth-order valence-electron chi connectivity index (χ4n) is 3.41. The Hall–Kier alpha value is -3.08. The van der Waals surface area contributed by atoms with Crippen molar-refractivity contribution in [2.75, 3.05) is 0 Å². The molecule has 1 aliphatic rings. The number of hydrogen-bond acceptors (Lipinski definition) is 3. The maximum atomic E-state index is 12.3. The van der Waals surface area contributed by atoms with Gasteiger partial charge >= 0.3 is 12.1 Å².